The van der Waals surface area contributed by atoms with Crippen molar-refractivity contribution in [2.75, 3.05) is 39.8 Å². The molecule has 2 fully saturated rings. The molecule has 1 saturated heterocycles. The predicted molar refractivity (Wildman–Crippen MR) is 54.6 cm³/mol. The van der Waals surface area contributed by atoms with Gasteiger partial charge in [0.1, 0.15) is 0 Å². The Bertz CT molecular complexity index is 158. The summed E-state index contributed by atoms with van der Waals surface area (Å²) in [4.78, 5) is 5.06. The summed E-state index contributed by atoms with van der Waals surface area (Å²) in [5.41, 5.74) is 5.62. The Labute approximate surface area is 80.9 Å². The van der Waals surface area contributed by atoms with Crippen molar-refractivity contribution in [1.82, 2.24) is 9.80 Å². The van der Waals surface area contributed by atoms with Gasteiger partial charge in [0.2, 0.25) is 0 Å². The van der Waals surface area contributed by atoms with Crippen LogP contribution in [0, 0.1) is 5.92 Å². The van der Waals surface area contributed by atoms with Crippen LogP contribution in [-0.4, -0.2) is 55.6 Å². The van der Waals surface area contributed by atoms with Gasteiger partial charge in [0.15, 0.2) is 0 Å². The van der Waals surface area contributed by atoms with Crippen LogP contribution in [0.4, 0.5) is 0 Å². The van der Waals surface area contributed by atoms with Crippen LogP contribution in [0.15, 0.2) is 0 Å². The van der Waals surface area contributed by atoms with Gasteiger partial charge in [-0.05, 0) is 32.4 Å². The molecule has 2 rings (SSSR count). The van der Waals surface area contributed by atoms with Gasteiger partial charge in [0.05, 0.1) is 0 Å². The molecule has 0 radical (unpaired) electrons. The molecule has 1 aliphatic carbocycles. The second-order valence-corrected chi connectivity index (χ2v) is 4.57. The fourth-order valence-corrected chi connectivity index (χ4v) is 2.38. The molecule has 1 saturated carbocycles. The first kappa shape index (κ1) is 9.44. The summed E-state index contributed by atoms with van der Waals surface area (Å²) in [6.07, 6.45) is 2.69. The van der Waals surface area contributed by atoms with Gasteiger partial charge in [-0.1, -0.05) is 0 Å². The monoisotopic (exact) mass is 183 g/mol. The molecule has 0 atom stereocenters. The molecule has 3 heteroatoms. The summed E-state index contributed by atoms with van der Waals surface area (Å²) in [5.74, 6) is 0.824. The van der Waals surface area contributed by atoms with Crippen LogP contribution in [0.2, 0.25) is 0 Å². The van der Waals surface area contributed by atoms with E-state index < -0.39 is 0 Å². The quantitative estimate of drug-likeness (QED) is 0.652. The summed E-state index contributed by atoms with van der Waals surface area (Å²) in [6.45, 7) is 5.90. The van der Waals surface area contributed by atoms with E-state index in [1.807, 2.05) is 0 Å². The van der Waals surface area contributed by atoms with Crippen molar-refractivity contribution in [2.24, 2.45) is 11.7 Å². The van der Waals surface area contributed by atoms with Gasteiger partial charge in [0.25, 0.3) is 0 Å². The van der Waals surface area contributed by atoms with Gasteiger partial charge in [-0.15, -0.1) is 0 Å². The number of piperazine rings is 1. The van der Waals surface area contributed by atoms with Crippen LogP contribution in [0.25, 0.3) is 0 Å². The number of hydrogen-bond donors (Lipinski definition) is 1. The third-order valence-electron chi connectivity index (χ3n) is 3.60. The van der Waals surface area contributed by atoms with Gasteiger partial charge >= 0.3 is 0 Å². The SMILES string of the molecule is CN1CCN(C2CC(CN)C2)CC1. The summed E-state index contributed by atoms with van der Waals surface area (Å²) in [5, 5.41) is 0. The van der Waals surface area contributed by atoms with Crippen molar-refractivity contribution in [3.8, 4) is 0 Å². The van der Waals surface area contributed by atoms with Crippen LogP contribution in [0.3, 0.4) is 0 Å². The molecule has 0 aromatic carbocycles. The summed E-state index contributed by atoms with van der Waals surface area (Å²) in [6, 6.07) is 0.863. The van der Waals surface area contributed by atoms with Gasteiger partial charge < -0.3 is 10.6 Å². The predicted octanol–water partition coefficient (Wildman–Crippen LogP) is -0.0289. The lowest BCUT2D eigenvalue weighted by Gasteiger charge is -2.45. The van der Waals surface area contributed by atoms with Crippen LogP contribution in [-0.2, 0) is 0 Å². The van der Waals surface area contributed by atoms with Crippen molar-refractivity contribution in [3.05, 3.63) is 0 Å². The van der Waals surface area contributed by atoms with E-state index in [-0.39, 0.29) is 0 Å². The largest absolute Gasteiger partial charge is 0.330 e. The topological polar surface area (TPSA) is 32.5 Å². The van der Waals surface area contributed by atoms with E-state index in [0.717, 1.165) is 18.5 Å². The van der Waals surface area contributed by atoms with Crippen molar-refractivity contribution in [3.63, 3.8) is 0 Å². The van der Waals surface area contributed by atoms with E-state index in [4.69, 9.17) is 5.73 Å². The third kappa shape index (κ3) is 2.03. The van der Waals surface area contributed by atoms with Crippen LogP contribution < -0.4 is 5.73 Å². The molecule has 0 unspecified atom stereocenters. The Balaban J connectivity index is 1.71. The van der Waals surface area contributed by atoms with Gasteiger partial charge in [-0.2, -0.15) is 0 Å². The average Bonchev–Trinajstić information content (AvgIpc) is 2.06. The van der Waals surface area contributed by atoms with Gasteiger partial charge in [-0.3, -0.25) is 4.90 Å². The minimum absolute atomic E-state index is 0.824. The first-order valence-electron chi connectivity index (χ1n) is 5.42. The molecule has 3 nitrogen and oxygen atoms in total. The maximum atomic E-state index is 5.62. The van der Waals surface area contributed by atoms with Gasteiger partial charge in [-0.25, -0.2) is 0 Å². The van der Waals surface area contributed by atoms with Crippen LogP contribution in [0.1, 0.15) is 12.8 Å². The van der Waals surface area contributed by atoms with Crippen LogP contribution >= 0.6 is 0 Å². The lowest BCUT2D eigenvalue weighted by Crippen LogP contribution is -2.54. The minimum atomic E-state index is 0.824. The summed E-state index contributed by atoms with van der Waals surface area (Å²) in [7, 11) is 2.21. The molecule has 0 spiro atoms. The molecule has 2 aliphatic rings. The molecule has 0 bridgehead atoms. The second kappa shape index (κ2) is 3.95. The summed E-state index contributed by atoms with van der Waals surface area (Å²) >= 11 is 0. The maximum Gasteiger partial charge on any atom is 0.0113 e. The number of nitrogens with zero attached hydrogens (tertiary/aromatic N) is 2. The molecule has 1 heterocycles. The zero-order chi connectivity index (χ0) is 9.26. The smallest absolute Gasteiger partial charge is 0.0113 e. The summed E-state index contributed by atoms with van der Waals surface area (Å²) < 4.78 is 0. The highest BCUT2D eigenvalue weighted by atomic mass is 15.3. The molecule has 0 aromatic rings. The van der Waals surface area contributed by atoms with E-state index in [0.29, 0.717) is 0 Å². The van der Waals surface area contributed by atoms with Crippen molar-refractivity contribution in [1.29, 1.82) is 0 Å². The minimum Gasteiger partial charge on any atom is -0.330 e. The second-order valence-electron chi connectivity index (χ2n) is 4.57. The van der Waals surface area contributed by atoms with E-state index in [9.17, 15) is 0 Å². The zero-order valence-electron chi connectivity index (χ0n) is 8.58. The molecule has 1 aliphatic heterocycles. The Kier molecular flexibility index (Phi) is 2.86. The molecular weight excluding hydrogens is 162 g/mol. The standard InChI is InChI=1S/C10H21N3/c1-12-2-4-13(5-3-12)10-6-9(7-10)8-11/h9-10H,2-8,11H2,1H3. The third-order valence-corrected chi connectivity index (χ3v) is 3.60. The van der Waals surface area contributed by atoms with E-state index in [1.54, 1.807) is 0 Å². The van der Waals surface area contributed by atoms with E-state index in [1.165, 1.54) is 39.0 Å². The first-order chi connectivity index (χ1) is 6.29. The van der Waals surface area contributed by atoms with Crippen LogP contribution in [0.5, 0.6) is 0 Å². The van der Waals surface area contributed by atoms with E-state index >= 15 is 0 Å². The lowest BCUT2D eigenvalue weighted by molar-refractivity contribution is 0.0428. The average molecular weight is 183 g/mol. The van der Waals surface area contributed by atoms with Gasteiger partial charge in [0, 0.05) is 32.2 Å². The van der Waals surface area contributed by atoms with Crippen molar-refractivity contribution in [2.45, 2.75) is 18.9 Å². The normalized spacial score (nSPS) is 37.4. The van der Waals surface area contributed by atoms with Crippen molar-refractivity contribution >= 4 is 0 Å². The Morgan fingerprint density at radius 1 is 1.15 bits per heavy atom. The van der Waals surface area contributed by atoms with Crippen molar-refractivity contribution < 1.29 is 0 Å². The number of hydrogen-bond acceptors (Lipinski definition) is 3. The Morgan fingerprint density at radius 2 is 1.77 bits per heavy atom. The highest BCUT2D eigenvalue weighted by Crippen LogP contribution is 2.31. The number of likely N-dealkylation sites (N-methyl/N-ethyl adjacent to an activating group) is 1. The zero-order valence-corrected chi connectivity index (χ0v) is 8.58. The molecule has 0 amide bonds. The first-order valence-corrected chi connectivity index (χ1v) is 5.42. The Hall–Kier alpha value is -0.120. The molecule has 0 aromatic heterocycles. The molecule has 2 N–H and O–H groups in total. The molecule has 13 heavy (non-hydrogen) atoms. The lowest BCUT2D eigenvalue weighted by atomic mass is 9.79. The molecule has 76 valence electrons. The highest BCUT2D eigenvalue weighted by Gasteiger charge is 2.33. The Morgan fingerprint density at radius 3 is 2.31 bits per heavy atom. The fourth-order valence-electron chi connectivity index (χ4n) is 2.38. The number of rotatable bonds is 2. The highest BCUT2D eigenvalue weighted by molar-refractivity contribution is 4.89. The fraction of sp³-hybridized carbons (Fsp3) is 1.00. The maximum absolute atomic E-state index is 5.62. The molecular formula is C10H21N3. The van der Waals surface area contributed by atoms with E-state index in [2.05, 4.69) is 16.8 Å². The number of nitrogens with two attached hydrogens (primary N) is 1.